The Morgan fingerprint density at radius 1 is 1.35 bits per heavy atom. The van der Waals surface area contributed by atoms with Gasteiger partial charge in [-0.1, -0.05) is 25.5 Å². The molecule has 1 unspecified atom stereocenters. The van der Waals surface area contributed by atoms with E-state index in [1.54, 1.807) is 10.9 Å². The van der Waals surface area contributed by atoms with E-state index in [1.807, 2.05) is 38.2 Å². The molecule has 1 aromatic carbocycles. The fourth-order valence-electron chi connectivity index (χ4n) is 3.40. The summed E-state index contributed by atoms with van der Waals surface area (Å²) >= 11 is 0. The monoisotopic (exact) mass is 356 g/mol. The zero-order valence-corrected chi connectivity index (χ0v) is 15.9. The van der Waals surface area contributed by atoms with Gasteiger partial charge in [-0.25, -0.2) is 0 Å². The normalized spacial score (nSPS) is 18.0. The fourth-order valence-corrected chi connectivity index (χ4v) is 3.40. The van der Waals surface area contributed by atoms with Crippen molar-refractivity contribution in [2.45, 2.75) is 39.3 Å². The van der Waals surface area contributed by atoms with Crippen LogP contribution in [-0.4, -0.2) is 46.4 Å². The second-order valence-electron chi connectivity index (χ2n) is 6.94. The third-order valence-corrected chi connectivity index (χ3v) is 4.93. The van der Waals surface area contributed by atoms with Crippen LogP contribution in [0.4, 0.5) is 5.82 Å². The standard InChI is InChI=1S/C20H28N4O2/c1-4-5-18-14-26-11-10-24(18)13-16-6-8-17(9-7-16)20(25)22-19-15(2)12-21-23(19)3/h6-9,12,18H,4-5,10-11,13-14H2,1-3H3,(H,22,25). The summed E-state index contributed by atoms with van der Waals surface area (Å²) in [5.74, 6) is 0.619. The van der Waals surface area contributed by atoms with Crippen molar-refractivity contribution < 1.29 is 9.53 Å². The summed E-state index contributed by atoms with van der Waals surface area (Å²) in [5.41, 5.74) is 2.83. The number of aromatic nitrogens is 2. The second kappa shape index (κ2) is 8.47. The number of benzene rings is 1. The molecule has 1 N–H and O–H groups in total. The Labute approximate surface area is 155 Å². The first-order chi connectivity index (χ1) is 12.6. The lowest BCUT2D eigenvalue weighted by Crippen LogP contribution is -2.44. The molecule has 1 aliphatic rings. The Hall–Kier alpha value is -2.18. The molecule has 0 bridgehead atoms. The van der Waals surface area contributed by atoms with E-state index >= 15 is 0 Å². The molecular formula is C20H28N4O2. The van der Waals surface area contributed by atoms with E-state index in [4.69, 9.17) is 4.74 Å². The summed E-state index contributed by atoms with van der Waals surface area (Å²) in [7, 11) is 1.82. The summed E-state index contributed by atoms with van der Waals surface area (Å²) in [6.45, 7) is 7.62. The van der Waals surface area contributed by atoms with Crippen molar-refractivity contribution >= 4 is 11.7 Å². The van der Waals surface area contributed by atoms with Crippen LogP contribution < -0.4 is 5.32 Å². The number of rotatable bonds is 6. The van der Waals surface area contributed by atoms with Crippen molar-refractivity contribution in [3.63, 3.8) is 0 Å². The summed E-state index contributed by atoms with van der Waals surface area (Å²) in [6.07, 6.45) is 4.06. The van der Waals surface area contributed by atoms with E-state index in [1.165, 1.54) is 5.56 Å². The molecule has 1 amide bonds. The van der Waals surface area contributed by atoms with E-state index in [0.29, 0.717) is 11.6 Å². The molecule has 26 heavy (non-hydrogen) atoms. The third kappa shape index (κ3) is 4.31. The number of carbonyl (C=O) groups is 1. The van der Waals surface area contributed by atoms with Crippen molar-refractivity contribution in [1.82, 2.24) is 14.7 Å². The number of anilines is 1. The SMILES string of the molecule is CCCC1COCCN1Cc1ccc(C(=O)Nc2c(C)cnn2C)cc1. The quantitative estimate of drug-likeness (QED) is 0.864. The number of ether oxygens (including phenoxy) is 1. The molecule has 1 aromatic heterocycles. The lowest BCUT2D eigenvalue weighted by molar-refractivity contribution is -0.0147. The molecule has 1 saturated heterocycles. The second-order valence-corrected chi connectivity index (χ2v) is 6.94. The van der Waals surface area contributed by atoms with Crippen molar-refractivity contribution in [3.8, 4) is 0 Å². The maximum Gasteiger partial charge on any atom is 0.256 e. The predicted molar refractivity (Wildman–Crippen MR) is 102 cm³/mol. The van der Waals surface area contributed by atoms with Gasteiger partial charge < -0.3 is 10.1 Å². The summed E-state index contributed by atoms with van der Waals surface area (Å²) in [5, 5.41) is 7.08. The molecule has 1 atom stereocenters. The Balaban J connectivity index is 1.63. The zero-order chi connectivity index (χ0) is 18.5. The summed E-state index contributed by atoms with van der Waals surface area (Å²) in [4.78, 5) is 15.0. The van der Waals surface area contributed by atoms with Gasteiger partial charge in [0, 0.05) is 37.3 Å². The molecule has 2 heterocycles. The van der Waals surface area contributed by atoms with Gasteiger partial charge in [0.05, 0.1) is 19.4 Å². The first-order valence-electron chi connectivity index (χ1n) is 9.29. The topological polar surface area (TPSA) is 59.4 Å². The molecule has 0 spiro atoms. The molecule has 1 fully saturated rings. The van der Waals surface area contributed by atoms with Crippen LogP contribution in [0.2, 0.25) is 0 Å². The summed E-state index contributed by atoms with van der Waals surface area (Å²) < 4.78 is 7.30. The molecule has 3 rings (SSSR count). The average molecular weight is 356 g/mol. The third-order valence-electron chi connectivity index (χ3n) is 4.93. The Bertz CT molecular complexity index is 717. The molecule has 140 valence electrons. The van der Waals surface area contributed by atoms with E-state index in [0.717, 1.165) is 50.5 Å². The van der Waals surface area contributed by atoms with Crippen LogP contribution >= 0.6 is 0 Å². The van der Waals surface area contributed by atoms with Gasteiger partial charge in [0.15, 0.2) is 0 Å². The number of hydrogen-bond donors (Lipinski definition) is 1. The first-order valence-corrected chi connectivity index (χ1v) is 9.29. The van der Waals surface area contributed by atoms with E-state index < -0.39 is 0 Å². The van der Waals surface area contributed by atoms with Gasteiger partial charge in [0.1, 0.15) is 5.82 Å². The zero-order valence-electron chi connectivity index (χ0n) is 15.9. The molecule has 0 saturated carbocycles. The highest BCUT2D eigenvalue weighted by Gasteiger charge is 2.22. The van der Waals surface area contributed by atoms with Gasteiger partial charge >= 0.3 is 0 Å². The number of carbonyl (C=O) groups excluding carboxylic acids is 1. The van der Waals surface area contributed by atoms with Crippen molar-refractivity contribution in [3.05, 3.63) is 47.2 Å². The molecule has 0 aliphatic carbocycles. The van der Waals surface area contributed by atoms with Crippen molar-refractivity contribution in [2.75, 3.05) is 25.1 Å². The highest BCUT2D eigenvalue weighted by molar-refractivity contribution is 6.04. The lowest BCUT2D eigenvalue weighted by Gasteiger charge is -2.35. The van der Waals surface area contributed by atoms with E-state index in [2.05, 4.69) is 22.2 Å². The predicted octanol–water partition coefficient (Wildman–Crippen LogP) is 2.98. The van der Waals surface area contributed by atoms with Gasteiger partial charge in [-0.2, -0.15) is 5.10 Å². The van der Waals surface area contributed by atoms with Crippen LogP contribution in [0.5, 0.6) is 0 Å². The number of nitrogens with one attached hydrogen (secondary N) is 1. The van der Waals surface area contributed by atoms with Crippen LogP contribution in [-0.2, 0) is 18.3 Å². The van der Waals surface area contributed by atoms with Crippen molar-refractivity contribution in [1.29, 1.82) is 0 Å². The number of amides is 1. The van der Waals surface area contributed by atoms with Crippen molar-refractivity contribution in [2.24, 2.45) is 7.05 Å². The maximum atomic E-state index is 12.5. The number of aryl methyl sites for hydroxylation is 2. The van der Waals surface area contributed by atoms with Gasteiger partial charge in [0.25, 0.3) is 5.91 Å². The van der Waals surface area contributed by atoms with E-state index in [-0.39, 0.29) is 5.91 Å². The number of morpholine rings is 1. The minimum absolute atomic E-state index is 0.113. The number of hydrogen-bond acceptors (Lipinski definition) is 4. The van der Waals surface area contributed by atoms with E-state index in [9.17, 15) is 4.79 Å². The van der Waals surface area contributed by atoms with Crippen LogP contribution in [0.25, 0.3) is 0 Å². The highest BCUT2D eigenvalue weighted by atomic mass is 16.5. The molecule has 0 radical (unpaired) electrons. The molecule has 6 heteroatoms. The minimum Gasteiger partial charge on any atom is -0.378 e. The molecule has 1 aliphatic heterocycles. The summed E-state index contributed by atoms with van der Waals surface area (Å²) in [6, 6.07) is 8.37. The maximum absolute atomic E-state index is 12.5. The molecular weight excluding hydrogens is 328 g/mol. The van der Waals surface area contributed by atoms with Crippen LogP contribution in [0.15, 0.2) is 30.5 Å². The first kappa shape index (κ1) is 18.6. The fraction of sp³-hybridized carbons (Fsp3) is 0.500. The van der Waals surface area contributed by atoms with Gasteiger partial charge in [-0.05, 0) is 31.0 Å². The smallest absolute Gasteiger partial charge is 0.256 e. The van der Waals surface area contributed by atoms with Gasteiger partial charge in [-0.15, -0.1) is 0 Å². The number of nitrogens with zero attached hydrogens (tertiary/aromatic N) is 3. The van der Waals surface area contributed by atoms with Crippen LogP contribution in [0.1, 0.15) is 41.3 Å². The molecule has 6 nitrogen and oxygen atoms in total. The van der Waals surface area contributed by atoms with Gasteiger partial charge in [-0.3, -0.25) is 14.4 Å². The van der Waals surface area contributed by atoms with Crippen LogP contribution in [0.3, 0.4) is 0 Å². The Morgan fingerprint density at radius 2 is 2.12 bits per heavy atom. The minimum atomic E-state index is -0.113. The van der Waals surface area contributed by atoms with Gasteiger partial charge in [0.2, 0.25) is 0 Å². The Morgan fingerprint density at radius 3 is 2.77 bits per heavy atom. The van der Waals surface area contributed by atoms with Crippen LogP contribution in [0, 0.1) is 6.92 Å². The Kier molecular flexibility index (Phi) is 6.06. The average Bonchev–Trinajstić information content (AvgIpc) is 2.96. The molecule has 2 aromatic rings. The lowest BCUT2D eigenvalue weighted by atomic mass is 10.1. The highest BCUT2D eigenvalue weighted by Crippen LogP contribution is 2.18. The largest absolute Gasteiger partial charge is 0.378 e.